The third-order valence-electron chi connectivity index (χ3n) is 2.13. The molecule has 1 aliphatic heterocycles. The molecule has 0 atom stereocenters. The Kier molecular flexibility index (Phi) is 2.88. The maximum atomic E-state index is 6.02. The molecule has 0 spiro atoms. The molecule has 68 valence electrons. The number of benzene rings is 1. The lowest BCUT2D eigenvalue weighted by molar-refractivity contribution is -0.220. The molecule has 0 aliphatic carbocycles. The topological polar surface area (TPSA) is 18.5 Å². The second kappa shape index (κ2) is 4.14. The summed E-state index contributed by atoms with van der Waals surface area (Å²) in [4.78, 5) is 10.1. The smallest absolute Gasteiger partial charge is 0.298 e. The second-order valence-electron chi connectivity index (χ2n) is 3.07. The van der Waals surface area contributed by atoms with Crippen LogP contribution in [0.4, 0.5) is 0 Å². The highest BCUT2D eigenvalue weighted by atomic mass is 35.5. The average Bonchev–Trinajstić information content (AvgIpc) is 2.20. The molecule has 0 aromatic heterocycles. The van der Waals surface area contributed by atoms with Gasteiger partial charge in [0.15, 0.2) is 0 Å². The van der Waals surface area contributed by atoms with Crippen LogP contribution in [0.5, 0.6) is 0 Å². The summed E-state index contributed by atoms with van der Waals surface area (Å²) in [5.74, 6) is 0. The molecule has 0 saturated carbocycles. The van der Waals surface area contributed by atoms with E-state index in [0.29, 0.717) is 6.61 Å². The maximum absolute atomic E-state index is 6.02. The van der Waals surface area contributed by atoms with Crippen molar-refractivity contribution >= 4 is 24.0 Å². The van der Waals surface area contributed by atoms with E-state index in [1.807, 2.05) is 24.3 Å². The lowest BCUT2D eigenvalue weighted by Gasteiger charge is -2.19. The van der Waals surface area contributed by atoms with Gasteiger partial charge < -0.3 is 0 Å². The summed E-state index contributed by atoms with van der Waals surface area (Å²) in [6.45, 7) is 0.684. The van der Waals surface area contributed by atoms with E-state index in [0.717, 1.165) is 23.2 Å². The molecular formula is C9H10BClO2. The van der Waals surface area contributed by atoms with Gasteiger partial charge in [-0.25, -0.2) is 0 Å². The minimum absolute atomic E-state index is 0.00227. The van der Waals surface area contributed by atoms with Crippen molar-refractivity contribution in [1.82, 2.24) is 0 Å². The zero-order valence-corrected chi connectivity index (χ0v) is 7.96. The first-order valence-electron chi connectivity index (χ1n) is 4.40. The Labute approximate surface area is 82.8 Å². The molecule has 0 bridgehead atoms. The van der Waals surface area contributed by atoms with Gasteiger partial charge in [0.05, 0.1) is 6.61 Å². The fourth-order valence-electron chi connectivity index (χ4n) is 1.45. The summed E-state index contributed by atoms with van der Waals surface area (Å²) in [5, 5.41) is 0.748. The van der Waals surface area contributed by atoms with Crippen LogP contribution in [0.15, 0.2) is 24.3 Å². The van der Waals surface area contributed by atoms with Crippen LogP contribution in [0, 0.1) is 0 Å². The van der Waals surface area contributed by atoms with E-state index >= 15 is 0 Å². The Hall–Kier alpha value is -0.505. The van der Waals surface area contributed by atoms with Crippen molar-refractivity contribution in [3.8, 4) is 0 Å². The third-order valence-corrected chi connectivity index (χ3v) is 2.47. The van der Waals surface area contributed by atoms with E-state index < -0.39 is 0 Å². The second-order valence-corrected chi connectivity index (χ2v) is 3.48. The SMILES string of the molecule is Clc1ccccc1B1CCCOO1. The van der Waals surface area contributed by atoms with Crippen LogP contribution in [0.2, 0.25) is 11.3 Å². The molecule has 13 heavy (non-hydrogen) atoms. The van der Waals surface area contributed by atoms with Crippen LogP contribution in [-0.2, 0) is 9.69 Å². The molecule has 1 saturated heterocycles. The van der Waals surface area contributed by atoms with Crippen LogP contribution in [0.25, 0.3) is 0 Å². The molecule has 1 aromatic rings. The number of rotatable bonds is 1. The Balaban J connectivity index is 2.18. The quantitative estimate of drug-likeness (QED) is 0.504. The summed E-state index contributed by atoms with van der Waals surface area (Å²) < 4.78 is 0. The Morgan fingerprint density at radius 3 is 2.85 bits per heavy atom. The van der Waals surface area contributed by atoms with Crippen LogP contribution in [0.3, 0.4) is 0 Å². The lowest BCUT2D eigenvalue weighted by Crippen LogP contribution is -2.37. The van der Waals surface area contributed by atoms with Gasteiger partial charge in [-0.1, -0.05) is 29.8 Å². The van der Waals surface area contributed by atoms with E-state index in [1.165, 1.54) is 0 Å². The van der Waals surface area contributed by atoms with Gasteiger partial charge in [0.25, 0.3) is 0 Å². The molecule has 0 radical (unpaired) electrons. The predicted molar refractivity (Wildman–Crippen MR) is 53.3 cm³/mol. The summed E-state index contributed by atoms with van der Waals surface area (Å²) in [6, 6.07) is 7.71. The van der Waals surface area contributed by atoms with Crippen LogP contribution in [0.1, 0.15) is 6.42 Å². The molecular weight excluding hydrogens is 186 g/mol. The van der Waals surface area contributed by atoms with Gasteiger partial charge in [0.2, 0.25) is 0 Å². The largest absolute Gasteiger partial charge is 0.374 e. The minimum atomic E-state index is 0.00227. The summed E-state index contributed by atoms with van der Waals surface area (Å²) in [7, 11) is 0. The average molecular weight is 196 g/mol. The molecule has 0 unspecified atom stereocenters. The maximum Gasteiger partial charge on any atom is 0.374 e. The zero-order valence-electron chi connectivity index (χ0n) is 7.20. The van der Waals surface area contributed by atoms with Crippen molar-refractivity contribution in [1.29, 1.82) is 0 Å². The third kappa shape index (κ3) is 2.05. The Bertz CT molecular complexity index is 287. The standard InChI is InChI=1S/C9H10BClO2/c11-9-5-2-1-4-8(9)10-6-3-7-12-13-10/h1-2,4-5H,3,6-7H2. The van der Waals surface area contributed by atoms with Gasteiger partial charge in [-0.15, -0.1) is 0 Å². The molecule has 1 fully saturated rings. The van der Waals surface area contributed by atoms with Crippen molar-refractivity contribution in [3.63, 3.8) is 0 Å². The summed E-state index contributed by atoms with van der Waals surface area (Å²) in [6.07, 6.45) is 2.00. The highest BCUT2D eigenvalue weighted by Crippen LogP contribution is 2.13. The zero-order chi connectivity index (χ0) is 9.10. The normalized spacial score (nSPS) is 17.5. The monoisotopic (exact) mass is 196 g/mol. The Morgan fingerprint density at radius 1 is 1.31 bits per heavy atom. The van der Waals surface area contributed by atoms with E-state index in [9.17, 15) is 0 Å². The van der Waals surface area contributed by atoms with Crippen molar-refractivity contribution in [2.45, 2.75) is 12.7 Å². The Morgan fingerprint density at radius 2 is 2.15 bits per heavy atom. The van der Waals surface area contributed by atoms with E-state index in [-0.39, 0.29) is 6.92 Å². The number of hydrogen-bond donors (Lipinski definition) is 0. The molecule has 1 aliphatic rings. The van der Waals surface area contributed by atoms with Crippen molar-refractivity contribution in [3.05, 3.63) is 29.3 Å². The first-order valence-corrected chi connectivity index (χ1v) is 4.78. The minimum Gasteiger partial charge on any atom is -0.298 e. The van der Waals surface area contributed by atoms with Crippen LogP contribution in [-0.4, -0.2) is 13.5 Å². The van der Waals surface area contributed by atoms with Crippen molar-refractivity contribution in [2.75, 3.05) is 6.61 Å². The van der Waals surface area contributed by atoms with Gasteiger partial charge in [-0.05, 0) is 24.3 Å². The molecule has 2 nitrogen and oxygen atoms in total. The molecule has 0 amide bonds. The van der Waals surface area contributed by atoms with Gasteiger partial charge in [0, 0.05) is 5.02 Å². The predicted octanol–water partition coefficient (Wildman–Crippen LogP) is 1.89. The van der Waals surface area contributed by atoms with Gasteiger partial charge >= 0.3 is 6.92 Å². The molecule has 1 aromatic carbocycles. The molecule has 2 rings (SSSR count). The summed E-state index contributed by atoms with van der Waals surface area (Å²) in [5.41, 5.74) is 1.02. The first-order chi connectivity index (χ1) is 6.38. The fourth-order valence-corrected chi connectivity index (χ4v) is 1.71. The summed E-state index contributed by atoms with van der Waals surface area (Å²) >= 11 is 6.02. The van der Waals surface area contributed by atoms with E-state index in [1.54, 1.807) is 0 Å². The highest BCUT2D eigenvalue weighted by Gasteiger charge is 2.25. The van der Waals surface area contributed by atoms with Gasteiger partial charge in [0.1, 0.15) is 0 Å². The van der Waals surface area contributed by atoms with Gasteiger partial charge in [-0.3, -0.25) is 9.69 Å². The number of hydrogen-bond acceptors (Lipinski definition) is 2. The molecule has 0 N–H and O–H groups in total. The van der Waals surface area contributed by atoms with Gasteiger partial charge in [-0.2, -0.15) is 0 Å². The van der Waals surface area contributed by atoms with E-state index in [2.05, 4.69) is 0 Å². The van der Waals surface area contributed by atoms with Crippen molar-refractivity contribution in [2.24, 2.45) is 0 Å². The first kappa shape index (κ1) is 9.07. The highest BCUT2D eigenvalue weighted by molar-refractivity contribution is 6.70. The van der Waals surface area contributed by atoms with E-state index in [4.69, 9.17) is 21.3 Å². The molecule has 1 heterocycles. The number of halogens is 1. The van der Waals surface area contributed by atoms with Crippen LogP contribution < -0.4 is 5.46 Å². The van der Waals surface area contributed by atoms with Crippen LogP contribution >= 0.6 is 11.6 Å². The molecule has 4 heteroatoms. The fraction of sp³-hybridized carbons (Fsp3) is 0.333. The van der Waals surface area contributed by atoms with Crippen molar-refractivity contribution < 1.29 is 9.69 Å². The lowest BCUT2D eigenvalue weighted by atomic mass is 9.57.